The van der Waals surface area contributed by atoms with E-state index in [-0.39, 0.29) is 6.10 Å². The van der Waals surface area contributed by atoms with Crippen molar-refractivity contribution in [2.75, 3.05) is 61.1 Å². The van der Waals surface area contributed by atoms with Crippen LogP contribution in [0, 0.1) is 0 Å². The van der Waals surface area contributed by atoms with Gasteiger partial charge in [-0.1, -0.05) is 97.9 Å². The molecule has 6 aromatic carbocycles. The van der Waals surface area contributed by atoms with Gasteiger partial charge in [-0.15, -0.1) is 0 Å². The molecule has 0 saturated carbocycles. The van der Waals surface area contributed by atoms with Crippen LogP contribution in [0.3, 0.4) is 0 Å². The van der Waals surface area contributed by atoms with Crippen LogP contribution in [-0.2, 0) is 11.2 Å². The lowest BCUT2D eigenvalue weighted by Crippen LogP contribution is -2.46. The molecule has 0 radical (unpaired) electrons. The SMILES string of the molecule is CCC1(O)c2ccccc2-c2c1c1c(c3cc(OC)c(N4CCN(c5ccccc5)CC4)cc23)OC(c2ccccc2)(c2ccc(N3CCC(O)CC3)cc2)C=C1. The number of fused-ring (bicyclic) bond motifs is 8. The van der Waals surface area contributed by atoms with Crippen molar-refractivity contribution in [2.45, 2.75) is 43.5 Å². The van der Waals surface area contributed by atoms with E-state index >= 15 is 0 Å². The second-order valence-corrected chi connectivity index (χ2v) is 15.9. The molecule has 2 saturated heterocycles. The van der Waals surface area contributed by atoms with Crippen molar-refractivity contribution in [2.24, 2.45) is 0 Å². The molecule has 7 heteroatoms. The summed E-state index contributed by atoms with van der Waals surface area (Å²) >= 11 is 0. The van der Waals surface area contributed by atoms with Crippen LogP contribution in [0.4, 0.5) is 17.1 Å². The Bertz CT molecular complexity index is 2470. The Balaban J connectivity index is 1.15. The van der Waals surface area contributed by atoms with E-state index in [0.29, 0.717) is 6.42 Å². The van der Waals surface area contributed by atoms with Crippen LogP contribution < -0.4 is 24.2 Å². The third-order valence-electron chi connectivity index (χ3n) is 13.0. The number of rotatable bonds is 7. The number of aliphatic hydroxyl groups is 2. The van der Waals surface area contributed by atoms with Gasteiger partial charge in [-0.25, -0.2) is 0 Å². The molecule has 2 fully saturated rings. The van der Waals surface area contributed by atoms with Gasteiger partial charge < -0.3 is 34.4 Å². The molecule has 7 nitrogen and oxygen atoms in total. The van der Waals surface area contributed by atoms with E-state index in [1.165, 1.54) is 5.69 Å². The van der Waals surface area contributed by atoms with E-state index in [9.17, 15) is 10.2 Å². The van der Waals surface area contributed by atoms with Crippen LogP contribution >= 0.6 is 0 Å². The van der Waals surface area contributed by atoms with Gasteiger partial charge in [-0.2, -0.15) is 0 Å². The molecule has 4 aliphatic rings. The molecule has 2 unspecified atom stereocenters. The van der Waals surface area contributed by atoms with E-state index in [0.717, 1.165) is 125 Å². The van der Waals surface area contributed by atoms with Gasteiger partial charge in [0.2, 0.25) is 0 Å². The lowest BCUT2D eigenvalue weighted by atomic mass is 9.79. The number of benzene rings is 6. The molecule has 57 heavy (non-hydrogen) atoms. The fourth-order valence-corrected chi connectivity index (χ4v) is 9.89. The quantitative estimate of drug-likeness (QED) is 0.169. The fraction of sp³-hybridized carbons (Fsp3) is 0.280. The summed E-state index contributed by atoms with van der Waals surface area (Å²) in [5.41, 5.74) is 8.18. The van der Waals surface area contributed by atoms with Crippen LogP contribution in [0.5, 0.6) is 11.5 Å². The van der Waals surface area contributed by atoms with Crippen molar-refractivity contribution in [3.63, 3.8) is 0 Å². The molecule has 1 aliphatic carbocycles. The summed E-state index contributed by atoms with van der Waals surface area (Å²) in [6.45, 7) is 7.24. The second-order valence-electron chi connectivity index (χ2n) is 15.9. The monoisotopic (exact) mass is 755 g/mol. The summed E-state index contributed by atoms with van der Waals surface area (Å²) in [6, 6.07) is 42.6. The normalized spacial score (nSPS) is 21.6. The van der Waals surface area contributed by atoms with Crippen molar-refractivity contribution < 1.29 is 19.7 Å². The summed E-state index contributed by atoms with van der Waals surface area (Å²) in [6.07, 6.45) is 6.22. The Labute approximate surface area is 335 Å². The summed E-state index contributed by atoms with van der Waals surface area (Å²) in [5, 5.41) is 25.0. The molecule has 6 aromatic rings. The first-order chi connectivity index (χ1) is 27.9. The molecule has 0 spiro atoms. The highest BCUT2D eigenvalue weighted by Crippen LogP contribution is 2.59. The molecular weight excluding hydrogens is 707 g/mol. The first-order valence-electron chi connectivity index (χ1n) is 20.5. The van der Waals surface area contributed by atoms with Crippen molar-refractivity contribution in [1.29, 1.82) is 0 Å². The van der Waals surface area contributed by atoms with Crippen LogP contribution in [-0.4, -0.2) is 62.7 Å². The highest BCUT2D eigenvalue weighted by Gasteiger charge is 2.47. The van der Waals surface area contributed by atoms with Gasteiger partial charge in [0, 0.05) is 78.3 Å². The maximum absolute atomic E-state index is 12.9. The van der Waals surface area contributed by atoms with E-state index in [4.69, 9.17) is 9.47 Å². The van der Waals surface area contributed by atoms with E-state index in [1.807, 2.05) is 12.1 Å². The van der Waals surface area contributed by atoms with E-state index in [1.54, 1.807) is 7.11 Å². The number of para-hydroxylation sites is 1. The maximum Gasteiger partial charge on any atom is 0.178 e. The number of methoxy groups -OCH3 is 1. The van der Waals surface area contributed by atoms with Gasteiger partial charge in [0.1, 0.15) is 17.1 Å². The predicted molar refractivity (Wildman–Crippen MR) is 231 cm³/mol. The number of anilines is 3. The average molecular weight is 756 g/mol. The standard InChI is InChI=1S/C50H49N3O4/c1-3-49(55)43-17-11-10-16-39(43)46-41-32-44(53-30-28-52(29-31-53)36-14-8-5-9-15-36)45(56-2)33-42(41)48-40(47(46)49)22-25-50(57-48,34-12-6-4-7-13-34)35-18-20-37(21-19-35)51-26-23-38(54)24-27-51/h4-22,25,32-33,38,54-55H,3,23-24,26-31H2,1-2H3. The number of nitrogens with zero attached hydrogens (tertiary/aromatic N) is 3. The minimum atomic E-state index is -1.20. The van der Waals surface area contributed by atoms with Gasteiger partial charge in [0.05, 0.1) is 18.9 Å². The Kier molecular flexibility index (Phi) is 8.76. The Morgan fingerprint density at radius 2 is 1.32 bits per heavy atom. The second kappa shape index (κ2) is 14.0. The van der Waals surface area contributed by atoms with Gasteiger partial charge in [0.25, 0.3) is 0 Å². The molecule has 288 valence electrons. The highest BCUT2D eigenvalue weighted by molar-refractivity contribution is 6.10. The molecule has 3 aliphatic heterocycles. The zero-order chi connectivity index (χ0) is 38.7. The minimum Gasteiger partial charge on any atom is -0.495 e. The van der Waals surface area contributed by atoms with Crippen molar-refractivity contribution in [3.05, 3.63) is 155 Å². The van der Waals surface area contributed by atoms with Crippen molar-refractivity contribution in [1.82, 2.24) is 0 Å². The van der Waals surface area contributed by atoms with Gasteiger partial charge >= 0.3 is 0 Å². The molecule has 3 heterocycles. The number of hydrogen-bond donors (Lipinski definition) is 2. The Morgan fingerprint density at radius 3 is 2.02 bits per heavy atom. The minimum absolute atomic E-state index is 0.225. The number of ether oxygens (including phenoxy) is 2. The molecular formula is C50H49N3O4. The van der Waals surface area contributed by atoms with Crippen molar-refractivity contribution in [3.8, 4) is 22.6 Å². The molecule has 10 rings (SSSR count). The fourth-order valence-electron chi connectivity index (χ4n) is 9.89. The molecule has 0 amide bonds. The lowest BCUT2D eigenvalue weighted by Gasteiger charge is -2.39. The van der Waals surface area contributed by atoms with Gasteiger partial charge in [-0.05, 0) is 83.8 Å². The van der Waals surface area contributed by atoms with Crippen LogP contribution in [0.1, 0.15) is 54.0 Å². The summed E-state index contributed by atoms with van der Waals surface area (Å²) in [7, 11) is 1.76. The Morgan fingerprint density at radius 1 is 0.702 bits per heavy atom. The molecule has 2 N–H and O–H groups in total. The third kappa shape index (κ3) is 5.70. The molecule has 0 aromatic heterocycles. The molecule has 2 atom stereocenters. The number of piperidine rings is 1. The van der Waals surface area contributed by atoms with Gasteiger partial charge in [0.15, 0.2) is 5.60 Å². The predicted octanol–water partition coefficient (Wildman–Crippen LogP) is 9.11. The number of aliphatic hydroxyl groups excluding tert-OH is 1. The van der Waals surface area contributed by atoms with Crippen LogP contribution in [0.15, 0.2) is 127 Å². The first-order valence-corrected chi connectivity index (χ1v) is 20.5. The maximum atomic E-state index is 12.9. The lowest BCUT2D eigenvalue weighted by molar-refractivity contribution is 0.0801. The zero-order valence-corrected chi connectivity index (χ0v) is 32.7. The van der Waals surface area contributed by atoms with Crippen molar-refractivity contribution >= 4 is 33.9 Å². The first kappa shape index (κ1) is 35.6. The third-order valence-corrected chi connectivity index (χ3v) is 13.0. The smallest absolute Gasteiger partial charge is 0.178 e. The van der Waals surface area contributed by atoms with Crippen LogP contribution in [0.2, 0.25) is 0 Å². The van der Waals surface area contributed by atoms with E-state index < -0.39 is 11.2 Å². The highest BCUT2D eigenvalue weighted by atomic mass is 16.5. The largest absolute Gasteiger partial charge is 0.495 e. The number of piperazine rings is 1. The van der Waals surface area contributed by atoms with Crippen LogP contribution in [0.25, 0.3) is 28.0 Å². The van der Waals surface area contributed by atoms with E-state index in [2.05, 4.69) is 143 Å². The topological polar surface area (TPSA) is 68.6 Å². The molecule has 0 bridgehead atoms. The number of hydrogen-bond acceptors (Lipinski definition) is 7. The van der Waals surface area contributed by atoms with Gasteiger partial charge in [-0.3, -0.25) is 0 Å². The summed E-state index contributed by atoms with van der Waals surface area (Å²) < 4.78 is 13.9. The summed E-state index contributed by atoms with van der Waals surface area (Å²) in [5.74, 6) is 1.54. The Hall–Kier alpha value is -5.76. The average Bonchev–Trinajstić information content (AvgIpc) is 3.55. The zero-order valence-electron chi connectivity index (χ0n) is 32.7. The summed E-state index contributed by atoms with van der Waals surface area (Å²) in [4.78, 5) is 7.24.